The first-order valence-corrected chi connectivity index (χ1v) is 9.40. The molecule has 3 heterocycles. The number of nitrogens with two attached hydrogens (primary N) is 1. The summed E-state index contributed by atoms with van der Waals surface area (Å²) in [5.74, 6) is 0.448. The molecule has 0 aromatic carbocycles. The first-order chi connectivity index (χ1) is 11.7. The van der Waals surface area contributed by atoms with Crippen molar-refractivity contribution in [3.05, 3.63) is 28.0 Å². The lowest BCUT2D eigenvalue weighted by Crippen LogP contribution is -2.41. The van der Waals surface area contributed by atoms with Crippen LogP contribution in [-0.2, 0) is 19.5 Å². The molecule has 0 unspecified atom stereocenters. The van der Waals surface area contributed by atoms with E-state index in [1.807, 2.05) is 21.2 Å². The van der Waals surface area contributed by atoms with Crippen molar-refractivity contribution in [1.29, 1.82) is 0 Å². The Morgan fingerprint density at radius 2 is 2.38 bits per heavy atom. The molecule has 7 nitrogen and oxygen atoms in total. The van der Waals surface area contributed by atoms with Crippen LogP contribution < -0.4 is 5.73 Å². The van der Waals surface area contributed by atoms with Crippen LogP contribution >= 0.6 is 11.3 Å². The van der Waals surface area contributed by atoms with Gasteiger partial charge in [-0.3, -0.25) is 9.48 Å². The second-order valence-electron chi connectivity index (χ2n) is 6.27. The van der Waals surface area contributed by atoms with Gasteiger partial charge in [0, 0.05) is 37.8 Å². The zero-order chi connectivity index (χ0) is 16.9. The SMILES string of the molecule is CCCc1nc(C(=O)N2CCC[C@@H](Cn3cc(CN)nn3)C2)cs1. The van der Waals surface area contributed by atoms with E-state index in [0.29, 0.717) is 18.2 Å². The molecule has 2 N–H and O–H groups in total. The van der Waals surface area contributed by atoms with Gasteiger partial charge in [-0.25, -0.2) is 4.98 Å². The zero-order valence-corrected chi connectivity index (χ0v) is 14.8. The minimum absolute atomic E-state index is 0.0551. The van der Waals surface area contributed by atoms with Gasteiger partial charge in [0.05, 0.1) is 10.7 Å². The molecule has 0 spiro atoms. The van der Waals surface area contributed by atoms with E-state index in [-0.39, 0.29) is 5.91 Å². The number of rotatable bonds is 6. The van der Waals surface area contributed by atoms with Crippen LogP contribution in [0.15, 0.2) is 11.6 Å². The highest BCUT2D eigenvalue weighted by Crippen LogP contribution is 2.21. The fourth-order valence-electron chi connectivity index (χ4n) is 3.08. The number of hydrogen-bond acceptors (Lipinski definition) is 6. The molecule has 1 saturated heterocycles. The maximum absolute atomic E-state index is 12.7. The summed E-state index contributed by atoms with van der Waals surface area (Å²) in [6, 6.07) is 0. The third-order valence-electron chi connectivity index (χ3n) is 4.28. The van der Waals surface area contributed by atoms with Gasteiger partial charge in [0.25, 0.3) is 5.91 Å². The monoisotopic (exact) mass is 348 g/mol. The molecule has 24 heavy (non-hydrogen) atoms. The standard InChI is InChI=1S/C16H24N6OS/c1-2-4-15-18-14(11-24-15)16(23)21-6-3-5-12(8-21)9-22-10-13(7-17)19-20-22/h10-12H,2-9,17H2,1H3/t12-/m1/s1. The van der Waals surface area contributed by atoms with Gasteiger partial charge in [0.2, 0.25) is 0 Å². The molecule has 0 saturated carbocycles. The van der Waals surface area contributed by atoms with Gasteiger partial charge in [0.15, 0.2) is 0 Å². The molecule has 2 aromatic rings. The average Bonchev–Trinajstić information content (AvgIpc) is 3.24. The molecule has 2 aromatic heterocycles. The molecule has 1 aliphatic heterocycles. The summed E-state index contributed by atoms with van der Waals surface area (Å²) in [5, 5.41) is 11.1. The summed E-state index contributed by atoms with van der Waals surface area (Å²) in [6.07, 6.45) is 5.99. The summed E-state index contributed by atoms with van der Waals surface area (Å²) >= 11 is 1.58. The molecule has 1 atom stereocenters. The van der Waals surface area contributed by atoms with Gasteiger partial charge in [0.1, 0.15) is 5.69 Å². The lowest BCUT2D eigenvalue weighted by Gasteiger charge is -2.32. The Morgan fingerprint density at radius 3 is 3.12 bits per heavy atom. The predicted octanol–water partition coefficient (Wildman–Crippen LogP) is 1.70. The van der Waals surface area contributed by atoms with Crippen LogP contribution in [0.4, 0.5) is 0 Å². The Labute approximate surface area is 145 Å². The van der Waals surface area contributed by atoms with Gasteiger partial charge in [-0.05, 0) is 31.6 Å². The van der Waals surface area contributed by atoms with E-state index in [1.165, 1.54) is 0 Å². The maximum Gasteiger partial charge on any atom is 0.273 e. The van der Waals surface area contributed by atoms with E-state index < -0.39 is 0 Å². The smallest absolute Gasteiger partial charge is 0.273 e. The molecule has 8 heteroatoms. The van der Waals surface area contributed by atoms with Crippen LogP contribution in [0.1, 0.15) is 47.4 Å². The van der Waals surface area contributed by atoms with Gasteiger partial charge in [-0.2, -0.15) is 0 Å². The number of piperidine rings is 1. The number of nitrogens with zero attached hydrogens (tertiary/aromatic N) is 5. The van der Waals surface area contributed by atoms with E-state index in [2.05, 4.69) is 22.2 Å². The molecular weight excluding hydrogens is 324 g/mol. The van der Waals surface area contributed by atoms with Crippen LogP contribution in [0, 0.1) is 5.92 Å². The summed E-state index contributed by atoms with van der Waals surface area (Å²) < 4.78 is 1.84. The van der Waals surface area contributed by atoms with Crippen LogP contribution in [0.3, 0.4) is 0 Å². The van der Waals surface area contributed by atoms with Crippen molar-refractivity contribution >= 4 is 17.2 Å². The van der Waals surface area contributed by atoms with E-state index in [1.54, 1.807) is 11.3 Å². The van der Waals surface area contributed by atoms with Crippen LogP contribution in [0.5, 0.6) is 0 Å². The van der Waals surface area contributed by atoms with E-state index in [0.717, 1.165) is 56.0 Å². The van der Waals surface area contributed by atoms with Crippen molar-refractivity contribution in [2.24, 2.45) is 11.7 Å². The first kappa shape index (κ1) is 17.0. The molecule has 0 bridgehead atoms. The van der Waals surface area contributed by atoms with Crippen molar-refractivity contribution in [3.63, 3.8) is 0 Å². The van der Waals surface area contributed by atoms with Gasteiger partial charge < -0.3 is 10.6 Å². The minimum Gasteiger partial charge on any atom is -0.337 e. The molecule has 0 aliphatic carbocycles. The first-order valence-electron chi connectivity index (χ1n) is 8.52. The van der Waals surface area contributed by atoms with Gasteiger partial charge in [-0.15, -0.1) is 16.4 Å². The van der Waals surface area contributed by atoms with Crippen LogP contribution in [0.25, 0.3) is 0 Å². The van der Waals surface area contributed by atoms with Crippen molar-refractivity contribution in [2.75, 3.05) is 13.1 Å². The van der Waals surface area contributed by atoms with E-state index in [4.69, 9.17) is 5.73 Å². The summed E-state index contributed by atoms with van der Waals surface area (Å²) in [6.45, 7) is 4.85. The Morgan fingerprint density at radius 1 is 1.50 bits per heavy atom. The number of carbonyl (C=O) groups excluding carboxylic acids is 1. The zero-order valence-electron chi connectivity index (χ0n) is 14.0. The molecule has 1 amide bonds. The fourth-order valence-corrected chi connectivity index (χ4v) is 3.96. The van der Waals surface area contributed by atoms with Crippen molar-refractivity contribution < 1.29 is 4.79 Å². The summed E-state index contributed by atoms with van der Waals surface area (Å²) in [5.41, 5.74) is 6.96. The van der Waals surface area contributed by atoms with E-state index >= 15 is 0 Å². The van der Waals surface area contributed by atoms with Crippen molar-refractivity contribution in [2.45, 2.75) is 45.7 Å². The van der Waals surface area contributed by atoms with E-state index in [9.17, 15) is 4.79 Å². The number of amides is 1. The second-order valence-corrected chi connectivity index (χ2v) is 7.21. The van der Waals surface area contributed by atoms with Gasteiger partial charge in [-0.1, -0.05) is 12.1 Å². The highest BCUT2D eigenvalue weighted by atomic mass is 32.1. The number of thiazole rings is 1. The van der Waals surface area contributed by atoms with Crippen molar-refractivity contribution in [3.8, 4) is 0 Å². The highest BCUT2D eigenvalue weighted by Gasteiger charge is 2.26. The number of aryl methyl sites for hydroxylation is 1. The largest absolute Gasteiger partial charge is 0.337 e. The number of aromatic nitrogens is 4. The Balaban J connectivity index is 1.60. The fraction of sp³-hybridized carbons (Fsp3) is 0.625. The highest BCUT2D eigenvalue weighted by molar-refractivity contribution is 7.09. The predicted molar refractivity (Wildman–Crippen MR) is 92.6 cm³/mol. The molecular formula is C16H24N6OS. The summed E-state index contributed by atoms with van der Waals surface area (Å²) in [4.78, 5) is 19.1. The van der Waals surface area contributed by atoms with Crippen LogP contribution in [0.2, 0.25) is 0 Å². The quantitative estimate of drug-likeness (QED) is 0.858. The van der Waals surface area contributed by atoms with Crippen LogP contribution in [-0.4, -0.2) is 43.9 Å². The minimum atomic E-state index is 0.0551. The normalized spacial score (nSPS) is 18.1. The molecule has 3 rings (SSSR count). The maximum atomic E-state index is 12.7. The molecule has 0 radical (unpaired) electrons. The average molecular weight is 348 g/mol. The third-order valence-corrected chi connectivity index (χ3v) is 5.19. The lowest BCUT2D eigenvalue weighted by atomic mass is 9.98. The Bertz CT molecular complexity index is 682. The Kier molecular flexibility index (Phi) is 5.57. The molecule has 130 valence electrons. The number of hydrogen-bond donors (Lipinski definition) is 1. The van der Waals surface area contributed by atoms with Crippen molar-refractivity contribution in [1.82, 2.24) is 24.9 Å². The molecule has 1 aliphatic rings. The second kappa shape index (κ2) is 7.85. The Hall–Kier alpha value is -1.80. The summed E-state index contributed by atoms with van der Waals surface area (Å²) in [7, 11) is 0. The lowest BCUT2D eigenvalue weighted by molar-refractivity contribution is 0.0654. The number of likely N-dealkylation sites (tertiary alicyclic amines) is 1. The van der Waals surface area contributed by atoms with Gasteiger partial charge >= 0.3 is 0 Å². The topological polar surface area (TPSA) is 89.9 Å². The number of carbonyl (C=O) groups is 1. The molecule has 1 fully saturated rings. The third kappa shape index (κ3) is 3.99.